The van der Waals surface area contributed by atoms with Crippen molar-refractivity contribution in [2.75, 3.05) is 12.0 Å². The molecule has 0 aliphatic heterocycles. The summed E-state index contributed by atoms with van der Waals surface area (Å²) in [4.78, 5) is 11.1. The molecule has 0 fully saturated rings. The van der Waals surface area contributed by atoms with Crippen LogP contribution >= 0.6 is 0 Å². The van der Waals surface area contributed by atoms with Crippen LogP contribution in [0.5, 0.6) is 0 Å². The summed E-state index contributed by atoms with van der Waals surface area (Å²) < 4.78 is 0. The molecule has 0 saturated carbocycles. The molecule has 2 nitrogen and oxygen atoms in total. The summed E-state index contributed by atoms with van der Waals surface area (Å²) in [5.74, 6) is 1.33. The summed E-state index contributed by atoms with van der Waals surface area (Å²) in [5, 5.41) is 0. The molecule has 0 spiro atoms. The van der Waals surface area contributed by atoms with E-state index < -0.39 is 0 Å². The van der Waals surface area contributed by atoms with Gasteiger partial charge in [0.15, 0.2) is 0 Å². The fraction of sp³-hybridized carbons (Fsp3) is 0.308. The second-order valence-corrected chi connectivity index (χ2v) is 6.01. The van der Waals surface area contributed by atoms with Gasteiger partial charge >= 0.3 is 0 Å². The highest BCUT2D eigenvalue weighted by atomic mass is 35.5. The zero-order valence-electron chi connectivity index (χ0n) is 9.93. The average Bonchev–Trinajstić information content (AvgIpc) is 2.27. The number of rotatable bonds is 6. The molecule has 0 radical (unpaired) electrons. The lowest BCUT2D eigenvalue weighted by molar-refractivity contribution is -0.119. The fourth-order valence-electron chi connectivity index (χ4n) is 1.49. The Morgan fingerprint density at radius 2 is 2.06 bits per heavy atom. The van der Waals surface area contributed by atoms with Gasteiger partial charge in [-0.1, -0.05) is 36.4 Å². The number of hydrogen-bond donors (Lipinski definition) is 1. The Kier molecular flexibility index (Phi) is 7.75. The van der Waals surface area contributed by atoms with Crippen LogP contribution in [0.3, 0.4) is 0 Å². The summed E-state index contributed by atoms with van der Waals surface area (Å²) in [6, 6.07) is 10.3. The number of amides is 1. The molecule has 0 bridgehead atoms. The summed E-state index contributed by atoms with van der Waals surface area (Å²) in [6.07, 6.45) is 3.81. The molecular weight excluding hydrogens is 254 g/mol. The zero-order valence-corrected chi connectivity index (χ0v) is 11.5. The Morgan fingerprint density at radius 1 is 1.47 bits per heavy atom. The first-order valence-electron chi connectivity index (χ1n) is 5.18. The molecule has 0 heterocycles. The van der Waals surface area contributed by atoms with Crippen LogP contribution in [0, 0.1) is 5.92 Å². The van der Waals surface area contributed by atoms with Crippen molar-refractivity contribution >= 4 is 16.8 Å². The van der Waals surface area contributed by atoms with Crippen molar-refractivity contribution in [1.82, 2.24) is 0 Å². The Morgan fingerprint density at radius 3 is 2.53 bits per heavy atom. The highest BCUT2D eigenvalue weighted by molar-refractivity contribution is 7.95. The monoisotopic (exact) mass is 271 g/mol. The molecule has 2 N–H and O–H groups in total. The minimum Gasteiger partial charge on any atom is -1.00 e. The standard InChI is InChI=1S/C13H17NOS.ClH/c1-3-12(13(14)15)10-16(2)9-11-7-5-4-6-8-11;/h3-8,12H,1,9-10H2,2H3,(H-,14,15);1H. The number of primary amides is 1. The Balaban J connectivity index is 0.00000256. The molecule has 2 atom stereocenters. The lowest BCUT2D eigenvalue weighted by Crippen LogP contribution is -3.00. The number of halogens is 1. The van der Waals surface area contributed by atoms with Crippen molar-refractivity contribution in [1.29, 1.82) is 0 Å². The van der Waals surface area contributed by atoms with Crippen LogP contribution in [0.4, 0.5) is 0 Å². The minimum atomic E-state index is -0.276. The number of carbonyl (C=O) groups is 1. The van der Waals surface area contributed by atoms with Crippen molar-refractivity contribution < 1.29 is 17.2 Å². The predicted molar refractivity (Wildman–Crippen MR) is 71.2 cm³/mol. The molecule has 1 aromatic carbocycles. The average molecular weight is 272 g/mol. The van der Waals surface area contributed by atoms with Gasteiger partial charge < -0.3 is 18.1 Å². The van der Waals surface area contributed by atoms with Crippen molar-refractivity contribution in [2.24, 2.45) is 11.7 Å². The SMILES string of the molecule is C=CC(C[S+](C)Cc1ccccc1)C(N)=O.[Cl-]. The van der Waals surface area contributed by atoms with Gasteiger partial charge in [-0.15, -0.1) is 6.58 Å². The number of nitrogens with two attached hydrogens (primary N) is 1. The van der Waals surface area contributed by atoms with E-state index in [0.29, 0.717) is 0 Å². The Labute approximate surface area is 112 Å². The van der Waals surface area contributed by atoms with E-state index in [1.807, 2.05) is 18.2 Å². The van der Waals surface area contributed by atoms with Gasteiger partial charge in [0.25, 0.3) is 0 Å². The normalized spacial score (nSPS) is 13.2. The molecule has 1 amide bonds. The molecule has 17 heavy (non-hydrogen) atoms. The van der Waals surface area contributed by atoms with E-state index in [0.717, 1.165) is 11.5 Å². The van der Waals surface area contributed by atoms with E-state index in [9.17, 15) is 4.79 Å². The Bertz CT molecular complexity index is 356. The van der Waals surface area contributed by atoms with Gasteiger partial charge in [-0.2, -0.15) is 0 Å². The summed E-state index contributed by atoms with van der Waals surface area (Å²) in [5.41, 5.74) is 6.59. The van der Waals surface area contributed by atoms with E-state index >= 15 is 0 Å². The molecule has 1 aromatic rings. The first-order valence-corrected chi connectivity index (χ1v) is 7.15. The molecule has 0 aliphatic rings. The van der Waals surface area contributed by atoms with Gasteiger partial charge in [-0.25, -0.2) is 0 Å². The second kappa shape index (κ2) is 8.20. The van der Waals surface area contributed by atoms with Crippen LogP contribution < -0.4 is 18.1 Å². The number of hydrogen-bond acceptors (Lipinski definition) is 1. The largest absolute Gasteiger partial charge is 1.00 e. The molecule has 1 rings (SSSR count). The topological polar surface area (TPSA) is 43.1 Å². The van der Waals surface area contributed by atoms with Gasteiger partial charge in [0.2, 0.25) is 5.91 Å². The van der Waals surface area contributed by atoms with Crippen LogP contribution in [0.15, 0.2) is 43.0 Å². The third-order valence-electron chi connectivity index (χ3n) is 2.37. The van der Waals surface area contributed by atoms with E-state index in [1.165, 1.54) is 5.56 Å². The van der Waals surface area contributed by atoms with Gasteiger partial charge in [0.05, 0.1) is 6.26 Å². The van der Waals surface area contributed by atoms with Crippen LogP contribution in [0.25, 0.3) is 0 Å². The molecule has 2 unspecified atom stereocenters. The van der Waals surface area contributed by atoms with Crippen LogP contribution in [-0.4, -0.2) is 17.9 Å². The maximum absolute atomic E-state index is 11.1. The van der Waals surface area contributed by atoms with Crippen molar-refractivity contribution in [3.05, 3.63) is 48.6 Å². The lowest BCUT2D eigenvalue weighted by Gasteiger charge is -2.08. The van der Waals surface area contributed by atoms with E-state index in [2.05, 4.69) is 25.0 Å². The Hall–Kier alpha value is -0.930. The summed E-state index contributed by atoms with van der Waals surface area (Å²) in [6.45, 7) is 3.65. The third-order valence-corrected chi connectivity index (χ3v) is 4.12. The lowest BCUT2D eigenvalue weighted by atomic mass is 10.2. The predicted octanol–water partition coefficient (Wildman–Crippen LogP) is -1.27. The minimum absolute atomic E-state index is 0. The first kappa shape index (κ1) is 16.1. The highest BCUT2D eigenvalue weighted by Gasteiger charge is 2.21. The van der Waals surface area contributed by atoms with Crippen LogP contribution in [-0.2, 0) is 21.4 Å². The van der Waals surface area contributed by atoms with Gasteiger partial charge in [0.1, 0.15) is 17.4 Å². The maximum atomic E-state index is 11.1. The molecule has 4 heteroatoms. The van der Waals surface area contributed by atoms with Crippen LogP contribution in [0.2, 0.25) is 0 Å². The first-order chi connectivity index (χ1) is 7.63. The molecular formula is C13H18ClNOS. The molecule has 0 aliphatic carbocycles. The van der Waals surface area contributed by atoms with Gasteiger partial charge in [-0.05, 0) is 10.9 Å². The van der Waals surface area contributed by atoms with E-state index in [4.69, 9.17) is 5.73 Å². The zero-order chi connectivity index (χ0) is 12.0. The summed E-state index contributed by atoms with van der Waals surface area (Å²) in [7, 11) is 0.156. The molecule has 0 aromatic heterocycles. The molecule has 94 valence electrons. The third kappa shape index (κ3) is 5.80. The van der Waals surface area contributed by atoms with Gasteiger partial charge in [0, 0.05) is 5.56 Å². The highest BCUT2D eigenvalue weighted by Crippen LogP contribution is 2.10. The fourth-order valence-corrected chi connectivity index (χ4v) is 3.28. The summed E-state index contributed by atoms with van der Waals surface area (Å²) >= 11 is 0. The van der Waals surface area contributed by atoms with E-state index in [1.54, 1.807) is 6.08 Å². The van der Waals surface area contributed by atoms with Crippen molar-refractivity contribution in [3.63, 3.8) is 0 Å². The smallest absolute Gasteiger partial charge is 0.229 e. The van der Waals surface area contributed by atoms with Gasteiger partial charge in [-0.3, -0.25) is 4.79 Å². The molecule has 0 saturated heterocycles. The second-order valence-electron chi connectivity index (χ2n) is 3.82. The van der Waals surface area contributed by atoms with E-state index in [-0.39, 0.29) is 35.1 Å². The maximum Gasteiger partial charge on any atom is 0.229 e. The number of benzene rings is 1. The van der Waals surface area contributed by atoms with Crippen molar-refractivity contribution in [2.45, 2.75) is 5.75 Å². The number of carbonyl (C=O) groups excluding carboxylic acids is 1. The quantitative estimate of drug-likeness (QED) is 0.509. The van der Waals surface area contributed by atoms with Crippen LogP contribution in [0.1, 0.15) is 5.56 Å². The van der Waals surface area contributed by atoms with Crippen molar-refractivity contribution in [3.8, 4) is 0 Å².